The van der Waals surface area contributed by atoms with Gasteiger partial charge in [-0.25, -0.2) is 19.4 Å². The first-order chi connectivity index (χ1) is 11.6. The average molecular weight is 329 g/mol. The van der Waals surface area contributed by atoms with E-state index in [2.05, 4.69) is 25.7 Å². The Balaban J connectivity index is 1.64. The zero-order valence-electron chi connectivity index (χ0n) is 14.3. The Labute approximate surface area is 141 Å². The highest BCUT2D eigenvalue weighted by atomic mass is 16.2. The highest BCUT2D eigenvalue weighted by Crippen LogP contribution is 2.23. The fourth-order valence-electron chi connectivity index (χ4n) is 2.74. The first kappa shape index (κ1) is 16.2. The van der Waals surface area contributed by atoms with Crippen LogP contribution in [0.2, 0.25) is 0 Å². The molecule has 0 saturated heterocycles. The van der Waals surface area contributed by atoms with E-state index in [9.17, 15) is 4.79 Å². The van der Waals surface area contributed by atoms with Gasteiger partial charge in [0.1, 0.15) is 11.6 Å². The maximum atomic E-state index is 12.3. The van der Waals surface area contributed by atoms with Crippen molar-refractivity contribution in [2.24, 2.45) is 0 Å². The van der Waals surface area contributed by atoms with Gasteiger partial charge >= 0.3 is 6.03 Å². The van der Waals surface area contributed by atoms with E-state index in [0.29, 0.717) is 5.69 Å². The topological polar surface area (TPSA) is 88.0 Å². The Hall–Kier alpha value is -2.64. The maximum absolute atomic E-state index is 12.3. The monoisotopic (exact) mass is 329 g/mol. The number of rotatable bonds is 4. The third-order valence-electron chi connectivity index (χ3n) is 4.00. The lowest BCUT2D eigenvalue weighted by molar-refractivity contribution is 0.244. The second-order valence-corrected chi connectivity index (χ2v) is 6.06. The van der Waals surface area contributed by atoms with Crippen LogP contribution in [-0.2, 0) is 13.0 Å². The van der Waals surface area contributed by atoms with Crippen LogP contribution >= 0.6 is 0 Å². The number of urea groups is 1. The van der Waals surface area contributed by atoms with Crippen LogP contribution in [0.15, 0.2) is 18.3 Å². The van der Waals surface area contributed by atoms with Gasteiger partial charge in [0.05, 0.1) is 17.9 Å². The summed E-state index contributed by atoms with van der Waals surface area (Å²) in [6, 6.07) is 3.33. The molecular formula is C16H23N7O. The average Bonchev–Trinajstić information content (AvgIpc) is 2.99. The maximum Gasteiger partial charge on any atom is 0.319 e. The van der Waals surface area contributed by atoms with Gasteiger partial charge in [-0.2, -0.15) is 5.10 Å². The Bertz CT molecular complexity index is 708. The molecule has 0 radical (unpaired) electrons. The second kappa shape index (κ2) is 6.86. The number of aromatic nitrogens is 4. The van der Waals surface area contributed by atoms with Crippen LogP contribution < -0.4 is 15.5 Å². The molecule has 0 spiro atoms. The van der Waals surface area contributed by atoms with Crippen LogP contribution in [0.3, 0.4) is 0 Å². The van der Waals surface area contributed by atoms with Crippen molar-refractivity contribution in [1.82, 2.24) is 25.1 Å². The lowest BCUT2D eigenvalue weighted by Crippen LogP contribution is -2.36. The van der Waals surface area contributed by atoms with Gasteiger partial charge in [0.2, 0.25) is 0 Å². The molecule has 3 heterocycles. The van der Waals surface area contributed by atoms with E-state index in [-0.39, 0.29) is 12.1 Å². The van der Waals surface area contributed by atoms with Crippen molar-refractivity contribution in [2.45, 2.75) is 38.8 Å². The number of anilines is 2. The smallest absolute Gasteiger partial charge is 0.319 e. The molecule has 2 amide bonds. The van der Waals surface area contributed by atoms with Crippen molar-refractivity contribution in [1.29, 1.82) is 0 Å². The van der Waals surface area contributed by atoms with E-state index >= 15 is 0 Å². The number of aryl methyl sites for hydroxylation is 2. The third-order valence-corrected chi connectivity index (χ3v) is 4.00. The first-order valence-electron chi connectivity index (χ1n) is 8.21. The minimum Gasteiger partial charge on any atom is -0.363 e. The fourth-order valence-corrected chi connectivity index (χ4v) is 2.74. The number of hydrogen-bond acceptors (Lipinski definition) is 5. The van der Waals surface area contributed by atoms with E-state index in [0.717, 1.165) is 43.3 Å². The summed E-state index contributed by atoms with van der Waals surface area (Å²) in [5.74, 6) is 2.50. The molecule has 0 fully saturated rings. The molecule has 0 aromatic carbocycles. The summed E-state index contributed by atoms with van der Waals surface area (Å²) in [5, 5.41) is 10.3. The van der Waals surface area contributed by atoms with Crippen LogP contribution in [0.4, 0.5) is 16.3 Å². The molecule has 8 heteroatoms. The molecule has 8 nitrogen and oxygen atoms in total. The summed E-state index contributed by atoms with van der Waals surface area (Å²) in [4.78, 5) is 23.0. The van der Waals surface area contributed by atoms with Gasteiger partial charge in [0, 0.05) is 27.1 Å². The molecule has 3 rings (SSSR count). The zero-order valence-corrected chi connectivity index (χ0v) is 14.3. The van der Waals surface area contributed by atoms with Crippen LogP contribution in [-0.4, -0.2) is 39.9 Å². The Kier molecular flexibility index (Phi) is 4.64. The van der Waals surface area contributed by atoms with Gasteiger partial charge in [-0.3, -0.25) is 0 Å². The standard InChI is InChI=1S/C16H23N7O/c1-4-13-20-15-12(6-5-9-23(15)21-13)19-16(24)18-11-7-8-14(17-10-11)22(2)3/h7-8,10,12H,4-6,9H2,1-3H3,(H2,18,19,24). The molecule has 2 N–H and O–H groups in total. The summed E-state index contributed by atoms with van der Waals surface area (Å²) in [7, 11) is 3.85. The lowest BCUT2D eigenvalue weighted by Gasteiger charge is -2.23. The van der Waals surface area contributed by atoms with Gasteiger partial charge in [-0.05, 0) is 25.0 Å². The number of nitrogens with one attached hydrogen (secondary N) is 2. The van der Waals surface area contributed by atoms with Crippen molar-refractivity contribution in [3.05, 3.63) is 30.0 Å². The number of carbonyl (C=O) groups is 1. The summed E-state index contributed by atoms with van der Waals surface area (Å²) in [6.45, 7) is 2.89. The van der Waals surface area contributed by atoms with Crippen molar-refractivity contribution in [2.75, 3.05) is 24.3 Å². The Morgan fingerprint density at radius 2 is 2.25 bits per heavy atom. The van der Waals surface area contributed by atoms with Crippen molar-refractivity contribution in [3.63, 3.8) is 0 Å². The van der Waals surface area contributed by atoms with Gasteiger partial charge in [-0.15, -0.1) is 0 Å². The van der Waals surface area contributed by atoms with Crippen LogP contribution in [0.25, 0.3) is 0 Å². The van der Waals surface area contributed by atoms with Crippen molar-refractivity contribution >= 4 is 17.5 Å². The van der Waals surface area contributed by atoms with Gasteiger partial charge in [-0.1, -0.05) is 6.92 Å². The number of amides is 2. The van der Waals surface area contributed by atoms with Gasteiger partial charge in [0.15, 0.2) is 5.82 Å². The van der Waals surface area contributed by atoms with Crippen molar-refractivity contribution in [3.8, 4) is 0 Å². The quantitative estimate of drug-likeness (QED) is 0.895. The number of hydrogen-bond donors (Lipinski definition) is 2. The van der Waals surface area contributed by atoms with Gasteiger partial charge < -0.3 is 15.5 Å². The highest BCUT2D eigenvalue weighted by molar-refractivity contribution is 5.89. The van der Waals surface area contributed by atoms with E-state index in [1.54, 1.807) is 6.20 Å². The van der Waals surface area contributed by atoms with Crippen LogP contribution in [0, 0.1) is 0 Å². The molecule has 0 bridgehead atoms. The number of carbonyl (C=O) groups excluding carboxylic acids is 1. The number of fused-ring (bicyclic) bond motifs is 1. The van der Waals surface area contributed by atoms with Gasteiger partial charge in [0.25, 0.3) is 0 Å². The largest absolute Gasteiger partial charge is 0.363 e. The van der Waals surface area contributed by atoms with Crippen molar-refractivity contribution < 1.29 is 4.79 Å². The van der Waals surface area contributed by atoms with Crippen LogP contribution in [0.1, 0.15) is 37.5 Å². The summed E-state index contributed by atoms with van der Waals surface area (Å²) >= 11 is 0. The molecule has 1 aliphatic rings. The minimum absolute atomic E-state index is 0.111. The second-order valence-electron chi connectivity index (χ2n) is 6.06. The number of pyridine rings is 1. The highest BCUT2D eigenvalue weighted by Gasteiger charge is 2.25. The van der Waals surface area contributed by atoms with Crippen LogP contribution in [0.5, 0.6) is 0 Å². The normalized spacial score (nSPS) is 16.4. The molecule has 1 aliphatic heterocycles. The van der Waals surface area contributed by atoms with E-state index in [4.69, 9.17) is 0 Å². The number of nitrogens with zero attached hydrogens (tertiary/aromatic N) is 5. The summed E-state index contributed by atoms with van der Waals surface area (Å²) in [5.41, 5.74) is 0.657. The Morgan fingerprint density at radius 3 is 2.92 bits per heavy atom. The molecule has 2 aromatic heterocycles. The third kappa shape index (κ3) is 3.47. The minimum atomic E-state index is -0.256. The molecule has 24 heavy (non-hydrogen) atoms. The first-order valence-corrected chi connectivity index (χ1v) is 8.21. The van der Waals surface area contributed by atoms with E-state index < -0.39 is 0 Å². The zero-order chi connectivity index (χ0) is 17.1. The molecule has 128 valence electrons. The predicted molar refractivity (Wildman–Crippen MR) is 92.1 cm³/mol. The molecule has 0 saturated carbocycles. The summed E-state index contributed by atoms with van der Waals surface area (Å²) in [6.07, 6.45) is 4.28. The molecule has 1 atom stereocenters. The molecule has 1 unspecified atom stereocenters. The molecule has 0 aliphatic carbocycles. The Morgan fingerprint density at radius 1 is 1.42 bits per heavy atom. The molecular weight excluding hydrogens is 306 g/mol. The predicted octanol–water partition coefficient (Wildman–Crippen LogP) is 1.96. The summed E-state index contributed by atoms with van der Waals surface area (Å²) < 4.78 is 1.90. The SMILES string of the molecule is CCc1nc2n(n1)CCCC2NC(=O)Nc1ccc(N(C)C)nc1. The lowest BCUT2D eigenvalue weighted by atomic mass is 10.1. The van der Waals surface area contributed by atoms with E-state index in [1.807, 2.05) is 42.7 Å². The molecule has 2 aromatic rings. The van der Waals surface area contributed by atoms with E-state index in [1.165, 1.54) is 0 Å². The fraction of sp³-hybridized carbons (Fsp3) is 0.500.